The highest BCUT2D eigenvalue weighted by molar-refractivity contribution is 7.89. The van der Waals surface area contributed by atoms with Gasteiger partial charge in [-0.2, -0.15) is 5.10 Å². The number of hydrogen-bond acceptors (Lipinski definition) is 5. The lowest BCUT2D eigenvalue weighted by Gasteiger charge is -2.09. The Kier molecular flexibility index (Phi) is 6.69. The largest absolute Gasteiger partial charge is 0.311 e. The third-order valence-electron chi connectivity index (χ3n) is 5.79. The van der Waals surface area contributed by atoms with Gasteiger partial charge in [-0.05, 0) is 47.5 Å². The van der Waals surface area contributed by atoms with Crippen LogP contribution in [0, 0.1) is 0 Å². The van der Waals surface area contributed by atoms with Gasteiger partial charge in [-0.15, -0.1) is 0 Å². The Bertz CT molecular complexity index is 1700. The van der Waals surface area contributed by atoms with Crippen molar-refractivity contribution in [3.63, 3.8) is 0 Å². The Hall–Kier alpha value is -3.79. The minimum Gasteiger partial charge on any atom is -0.311 e. The second-order valence-electron chi connectivity index (χ2n) is 8.33. The van der Waals surface area contributed by atoms with Crippen LogP contribution in [-0.4, -0.2) is 28.2 Å². The lowest BCUT2D eigenvalue weighted by Crippen LogP contribution is -2.23. The number of aromatic amines is 1. The predicted octanol–water partition coefficient (Wildman–Crippen LogP) is 3.89. The van der Waals surface area contributed by atoms with Gasteiger partial charge in [-0.25, -0.2) is 13.1 Å². The fraction of sp³-hybridized carbons (Fsp3) is 0.115. The molecule has 182 valence electrons. The molecule has 0 bridgehead atoms. The number of rotatable bonds is 8. The average Bonchev–Trinajstić information content (AvgIpc) is 3.28. The number of halogens is 1. The molecule has 0 spiro atoms. The molecule has 0 amide bonds. The Morgan fingerprint density at radius 3 is 2.58 bits per heavy atom. The number of aromatic nitrogens is 4. The number of hydrogen-bond donors (Lipinski definition) is 2. The summed E-state index contributed by atoms with van der Waals surface area (Å²) >= 11 is 6.07. The van der Waals surface area contributed by atoms with Crippen LogP contribution in [0.3, 0.4) is 0 Å². The van der Waals surface area contributed by atoms with Crippen molar-refractivity contribution in [1.29, 1.82) is 0 Å². The molecule has 0 atom stereocenters. The first-order valence-corrected chi connectivity index (χ1v) is 13.0. The number of pyridine rings is 2. The molecule has 0 aliphatic carbocycles. The van der Waals surface area contributed by atoms with Crippen molar-refractivity contribution in [3.05, 3.63) is 123 Å². The van der Waals surface area contributed by atoms with Gasteiger partial charge in [0.2, 0.25) is 10.0 Å². The van der Waals surface area contributed by atoms with Crippen LogP contribution in [-0.2, 0) is 29.5 Å². The zero-order valence-corrected chi connectivity index (χ0v) is 20.6. The number of benzene rings is 2. The molecular formula is C26H22ClN5O3S. The van der Waals surface area contributed by atoms with Crippen molar-refractivity contribution in [2.24, 2.45) is 0 Å². The van der Waals surface area contributed by atoms with Crippen LogP contribution >= 0.6 is 11.6 Å². The van der Waals surface area contributed by atoms with E-state index < -0.39 is 10.0 Å². The average molecular weight is 520 g/mol. The molecule has 10 heteroatoms. The molecule has 0 fully saturated rings. The molecule has 2 aromatic carbocycles. The second-order valence-corrected chi connectivity index (χ2v) is 10.5. The number of H-pyrrole nitrogens is 1. The molecule has 0 radical (unpaired) electrons. The lowest BCUT2D eigenvalue weighted by atomic mass is 10.1. The van der Waals surface area contributed by atoms with Crippen LogP contribution in [0.2, 0.25) is 5.02 Å². The Labute approximate surface area is 212 Å². The second kappa shape index (κ2) is 10.1. The monoisotopic (exact) mass is 519 g/mol. The quantitative estimate of drug-likeness (QED) is 0.323. The van der Waals surface area contributed by atoms with Crippen LogP contribution in [0.4, 0.5) is 0 Å². The highest BCUT2D eigenvalue weighted by Gasteiger charge is 2.16. The minimum atomic E-state index is -3.78. The molecule has 0 saturated carbocycles. The van der Waals surface area contributed by atoms with E-state index in [0.717, 1.165) is 16.5 Å². The van der Waals surface area contributed by atoms with Crippen molar-refractivity contribution >= 4 is 32.5 Å². The van der Waals surface area contributed by atoms with Gasteiger partial charge in [0.25, 0.3) is 5.56 Å². The highest BCUT2D eigenvalue weighted by atomic mass is 35.5. The third kappa shape index (κ3) is 5.38. The van der Waals surface area contributed by atoms with E-state index >= 15 is 0 Å². The molecular weight excluding hydrogens is 498 g/mol. The van der Waals surface area contributed by atoms with Crippen molar-refractivity contribution in [2.75, 3.05) is 0 Å². The van der Waals surface area contributed by atoms with Crippen LogP contribution in [0.5, 0.6) is 0 Å². The molecule has 0 aliphatic rings. The van der Waals surface area contributed by atoms with Gasteiger partial charge in [0.15, 0.2) is 0 Å². The minimum absolute atomic E-state index is 0.0444. The molecule has 3 aromatic heterocycles. The molecule has 5 aromatic rings. The van der Waals surface area contributed by atoms with E-state index in [0.29, 0.717) is 34.9 Å². The predicted molar refractivity (Wildman–Crippen MR) is 138 cm³/mol. The first-order chi connectivity index (χ1) is 17.4. The van der Waals surface area contributed by atoms with E-state index in [2.05, 4.69) is 19.9 Å². The first-order valence-electron chi connectivity index (χ1n) is 11.2. The molecule has 2 N–H and O–H groups in total. The number of sulfonamides is 1. The van der Waals surface area contributed by atoms with E-state index in [1.54, 1.807) is 41.1 Å². The smallest absolute Gasteiger partial charge is 0.250 e. The first kappa shape index (κ1) is 23.9. The summed E-state index contributed by atoms with van der Waals surface area (Å²) in [5.74, 6) is 0. The van der Waals surface area contributed by atoms with E-state index in [1.807, 2.05) is 30.3 Å². The fourth-order valence-corrected chi connectivity index (χ4v) is 5.10. The topological polar surface area (TPSA) is 110 Å². The standard InChI is InChI=1S/C26H22ClN5O3S/c27-20-8-9-24-23(14-20)25(31-30-24)16-29-36(34,35)22-10-11-28-21(15-22)13-18-4-6-19(7-5-18)17-32-12-2-1-3-26(32)33/h1-12,14-15,29H,13,16-17H2,(H,30,31). The molecule has 0 aliphatic heterocycles. The summed E-state index contributed by atoms with van der Waals surface area (Å²) in [5, 5.41) is 8.36. The van der Waals surface area contributed by atoms with Gasteiger partial charge in [0.1, 0.15) is 0 Å². The molecule has 0 unspecified atom stereocenters. The fourth-order valence-electron chi connectivity index (χ4n) is 3.90. The molecule has 8 nitrogen and oxygen atoms in total. The lowest BCUT2D eigenvalue weighted by molar-refractivity contribution is 0.580. The third-order valence-corrected chi connectivity index (χ3v) is 7.43. The molecule has 5 rings (SSSR count). The zero-order chi connectivity index (χ0) is 25.1. The van der Waals surface area contributed by atoms with Crippen molar-refractivity contribution in [3.8, 4) is 0 Å². The van der Waals surface area contributed by atoms with Crippen LogP contribution in [0.15, 0.2) is 94.9 Å². The number of nitrogens with zero attached hydrogens (tertiary/aromatic N) is 3. The number of nitrogens with one attached hydrogen (secondary N) is 2. The van der Waals surface area contributed by atoms with Crippen molar-refractivity contribution < 1.29 is 8.42 Å². The van der Waals surface area contributed by atoms with E-state index in [1.165, 1.54) is 18.3 Å². The van der Waals surface area contributed by atoms with Gasteiger partial charge in [0, 0.05) is 41.0 Å². The van der Waals surface area contributed by atoms with E-state index in [-0.39, 0.29) is 17.0 Å². The summed E-state index contributed by atoms with van der Waals surface area (Å²) in [6.45, 7) is 0.526. The van der Waals surface area contributed by atoms with E-state index in [4.69, 9.17) is 11.6 Å². The van der Waals surface area contributed by atoms with Crippen LogP contribution in [0.1, 0.15) is 22.5 Å². The normalized spacial score (nSPS) is 11.7. The van der Waals surface area contributed by atoms with Gasteiger partial charge in [-0.3, -0.25) is 14.9 Å². The summed E-state index contributed by atoms with van der Waals surface area (Å²) in [4.78, 5) is 16.4. The molecule has 0 saturated heterocycles. The zero-order valence-electron chi connectivity index (χ0n) is 19.1. The van der Waals surface area contributed by atoms with Crippen molar-refractivity contribution in [1.82, 2.24) is 24.5 Å². The maximum atomic E-state index is 13.0. The van der Waals surface area contributed by atoms with Crippen LogP contribution in [0.25, 0.3) is 10.9 Å². The van der Waals surface area contributed by atoms with Gasteiger partial charge in [0.05, 0.1) is 29.2 Å². The summed E-state index contributed by atoms with van der Waals surface area (Å²) in [5.41, 5.74) is 3.89. The summed E-state index contributed by atoms with van der Waals surface area (Å²) < 4.78 is 30.2. The van der Waals surface area contributed by atoms with Gasteiger partial charge < -0.3 is 4.57 Å². The number of fused-ring (bicyclic) bond motifs is 1. The van der Waals surface area contributed by atoms with Gasteiger partial charge in [-0.1, -0.05) is 41.9 Å². The highest BCUT2D eigenvalue weighted by Crippen LogP contribution is 2.21. The summed E-state index contributed by atoms with van der Waals surface area (Å²) in [6.07, 6.45) is 3.72. The van der Waals surface area contributed by atoms with E-state index in [9.17, 15) is 13.2 Å². The Balaban J connectivity index is 1.27. The van der Waals surface area contributed by atoms with Crippen molar-refractivity contribution in [2.45, 2.75) is 24.4 Å². The molecule has 36 heavy (non-hydrogen) atoms. The maximum absolute atomic E-state index is 13.0. The Morgan fingerprint density at radius 2 is 1.78 bits per heavy atom. The SMILES string of the molecule is O=c1ccccn1Cc1ccc(Cc2cc(S(=O)(=O)NCc3[nH]nc4ccc(Cl)cc34)ccn2)cc1. The Morgan fingerprint density at radius 1 is 0.972 bits per heavy atom. The molecule has 3 heterocycles. The van der Waals surface area contributed by atoms with Gasteiger partial charge >= 0.3 is 0 Å². The van der Waals surface area contributed by atoms with Crippen LogP contribution < -0.4 is 10.3 Å². The summed E-state index contributed by atoms with van der Waals surface area (Å²) in [7, 11) is -3.78. The summed E-state index contributed by atoms with van der Waals surface area (Å²) in [6, 6.07) is 21.2. The maximum Gasteiger partial charge on any atom is 0.250 e.